The average Bonchev–Trinajstić information content (AvgIpc) is 3.07. The van der Waals surface area contributed by atoms with Crippen molar-refractivity contribution >= 4 is 18.0 Å². The Kier molecular flexibility index (Phi) is 4.95. The zero-order chi connectivity index (χ0) is 16.8. The second kappa shape index (κ2) is 7.09. The summed E-state index contributed by atoms with van der Waals surface area (Å²) < 4.78 is 10.2. The van der Waals surface area contributed by atoms with Crippen LogP contribution in [0.25, 0.3) is 17.4 Å². The summed E-state index contributed by atoms with van der Waals surface area (Å²) in [5, 5.41) is 11.3. The van der Waals surface area contributed by atoms with Crippen molar-refractivity contribution in [3.8, 4) is 17.4 Å². The topological polar surface area (TPSA) is 92.3 Å². The third-order valence-electron chi connectivity index (χ3n) is 3.10. The van der Waals surface area contributed by atoms with Gasteiger partial charge >= 0.3 is 5.97 Å². The Morgan fingerprint density at radius 1 is 1.22 bits per heavy atom. The third-order valence-corrected chi connectivity index (χ3v) is 3.10. The van der Waals surface area contributed by atoms with Crippen LogP contribution in [0.1, 0.15) is 16.1 Å². The molecule has 0 saturated heterocycles. The number of carbonyl (C=O) groups excluding carboxylic acids is 2. The van der Waals surface area contributed by atoms with E-state index < -0.39 is 11.9 Å². The molecule has 1 amide bonds. The van der Waals surface area contributed by atoms with Gasteiger partial charge in [0.15, 0.2) is 0 Å². The van der Waals surface area contributed by atoms with Crippen LogP contribution in [-0.4, -0.2) is 26.0 Å². The quantitative estimate of drug-likeness (QED) is 0.532. The molecule has 6 heteroatoms. The molecule has 2 aromatic rings. The molecular weight excluding hydrogens is 296 g/mol. The van der Waals surface area contributed by atoms with E-state index in [1.807, 2.05) is 6.07 Å². The molecule has 0 spiro atoms. The lowest BCUT2D eigenvalue weighted by atomic mass is 10.1. The number of amides is 1. The summed E-state index contributed by atoms with van der Waals surface area (Å²) in [6.07, 6.45) is 1.37. The van der Waals surface area contributed by atoms with Crippen molar-refractivity contribution in [2.24, 2.45) is 0 Å². The van der Waals surface area contributed by atoms with Crippen LogP contribution in [0, 0.1) is 11.3 Å². The molecule has 0 saturated carbocycles. The van der Waals surface area contributed by atoms with Gasteiger partial charge in [0.05, 0.1) is 12.7 Å². The zero-order valence-electron chi connectivity index (χ0n) is 12.6. The van der Waals surface area contributed by atoms with Crippen LogP contribution in [0.2, 0.25) is 0 Å². The fourth-order valence-electron chi connectivity index (χ4n) is 1.90. The van der Waals surface area contributed by atoms with E-state index in [2.05, 4.69) is 10.1 Å². The van der Waals surface area contributed by atoms with Gasteiger partial charge in [-0.1, -0.05) is 12.1 Å². The van der Waals surface area contributed by atoms with Crippen molar-refractivity contribution in [3.63, 3.8) is 0 Å². The fourth-order valence-corrected chi connectivity index (χ4v) is 1.90. The molecule has 0 radical (unpaired) electrons. The van der Waals surface area contributed by atoms with Gasteiger partial charge in [0.2, 0.25) is 0 Å². The van der Waals surface area contributed by atoms with Gasteiger partial charge in [-0.3, -0.25) is 4.79 Å². The molecule has 116 valence electrons. The molecule has 0 atom stereocenters. The smallest absolute Gasteiger partial charge is 0.337 e. The summed E-state index contributed by atoms with van der Waals surface area (Å²) in [4.78, 5) is 22.9. The van der Waals surface area contributed by atoms with E-state index in [0.717, 1.165) is 5.56 Å². The minimum Gasteiger partial charge on any atom is -0.465 e. The predicted molar refractivity (Wildman–Crippen MR) is 83.1 cm³/mol. The van der Waals surface area contributed by atoms with Gasteiger partial charge in [0, 0.05) is 18.7 Å². The van der Waals surface area contributed by atoms with Crippen LogP contribution >= 0.6 is 0 Å². The number of nitrogens with zero attached hydrogens (tertiary/aromatic N) is 1. The second-order valence-corrected chi connectivity index (χ2v) is 4.52. The molecule has 0 aliphatic rings. The lowest BCUT2D eigenvalue weighted by Crippen LogP contribution is -2.18. The standard InChI is InChI=1S/C17H14N2O4/c1-19-16(20)13(10-18)9-14-7-8-15(23-14)11-3-5-12(6-4-11)17(21)22-2/h3-9H,1-2H3,(H,19,20). The maximum absolute atomic E-state index is 11.5. The average molecular weight is 310 g/mol. The van der Waals surface area contributed by atoms with Crippen LogP contribution < -0.4 is 5.32 Å². The van der Waals surface area contributed by atoms with E-state index in [4.69, 9.17) is 9.68 Å². The monoisotopic (exact) mass is 310 g/mol. The predicted octanol–water partition coefficient (Wildman–Crippen LogP) is 2.39. The number of methoxy groups -OCH3 is 1. The third kappa shape index (κ3) is 3.66. The van der Waals surface area contributed by atoms with Crippen molar-refractivity contribution in [1.82, 2.24) is 5.32 Å². The summed E-state index contributed by atoms with van der Waals surface area (Å²) in [5.41, 5.74) is 1.15. The maximum Gasteiger partial charge on any atom is 0.337 e. The molecule has 6 nitrogen and oxygen atoms in total. The molecule has 0 unspecified atom stereocenters. The van der Waals surface area contributed by atoms with E-state index in [1.165, 1.54) is 20.2 Å². The Morgan fingerprint density at radius 2 is 1.91 bits per heavy atom. The van der Waals surface area contributed by atoms with E-state index in [-0.39, 0.29) is 5.57 Å². The second-order valence-electron chi connectivity index (χ2n) is 4.52. The summed E-state index contributed by atoms with van der Waals surface area (Å²) in [6, 6.07) is 11.9. The van der Waals surface area contributed by atoms with Crippen molar-refractivity contribution in [2.45, 2.75) is 0 Å². The highest BCUT2D eigenvalue weighted by Gasteiger charge is 2.10. The van der Waals surface area contributed by atoms with E-state index in [1.54, 1.807) is 36.4 Å². The summed E-state index contributed by atoms with van der Waals surface area (Å²) in [7, 11) is 2.77. The van der Waals surface area contributed by atoms with Gasteiger partial charge in [0.1, 0.15) is 23.2 Å². The Hall–Kier alpha value is -3.33. The minimum absolute atomic E-state index is 0.0468. The number of hydrogen-bond donors (Lipinski definition) is 1. The van der Waals surface area contributed by atoms with E-state index in [0.29, 0.717) is 17.1 Å². The molecular formula is C17H14N2O4. The first-order valence-corrected chi connectivity index (χ1v) is 6.71. The SMILES string of the molecule is CNC(=O)C(C#N)=Cc1ccc(-c2ccc(C(=O)OC)cc2)o1. The van der Waals surface area contributed by atoms with Crippen LogP contribution in [0.3, 0.4) is 0 Å². The number of nitriles is 1. The van der Waals surface area contributed by atoms with Crippen molar-refractivity contribution < 1.29 is 18.7 Å². The van der Waals surface area contributed by atoms with Crippen molar-refractivity contribution in [1.29, 1.82) is 5.26 Å². The number of ether oxygens (including phenoxy) is 1. The largest absolute Gasteiger partial charge is 0.465 e. The van der Waals surface area contributed by atoms with Gasteiger partial charge in [-0.15, -0.1) is 0 Å². The Morgan fingerprint density at radius 3 is 2.48 bits per heavy atom. The van der Waals surface area contributed by atoms with Gasteiger partial charge in [0.25, 0.3) is 5.91 Å². The van der Waals surface area contributed by atoms with Gasteiger partial charge in [-0.2, -0.15) is 5.26 Å². The van der Waals surface area contributed by atoms with Gasteiger partial charge in [-0.25, -0.2) is 4.79 Å². The number of benzene rings is 1. The normalized spacial score (nSPS) is 10.7. The van der Waals surface area contributed by atoms with Crippen molar-refractivity contribution in [3.05, 3.63) is 53.3 Å². The molecule has 23 heavy (non-hydrogen) atoms. The molecule has 1 heterocycles. The van der Waals surface area contributed by atoms with E-state index in [9.17, 15) is 9.59 Å². The number of esters is 1. The van der Waals surface area contributed by atoms with Crippen LogP contribution in [0.4, 0.5) is 0 Å². The number of nitrogens with one attached hydrogen (secondary N) is 1. The van der Waals surface area contributed by atoms with Crippen LogP contribution in [0.5, 0.6) is 0 Å². The number of hydrogen-bond acceptors (Lipinski definition) is 5. The molecule has 1 aromatic heterocycles. The highest BCUT2D eigenvalue weighted by atomic mass is 16.5. The highest BCUT2D eigenvalue weighted by molar-refractivity contribution is 6.01. The van der Waals surface area contributed by atoms with Gasteiger partial charge in [-0.05, 0) is 24.3 Å². The zero-order valence-corrected chi connectivity index (χ0v) is 12.6. The number of rotatable bonds is 4. The lowest BCUT2D eigenvalue weighted by molar-refractivity contribution is -0.116. The first kappa shape index (κ1) is 16.0. The van der Waals surface area contributed by atoms with E-state index >= 15 is 0 Å². The number of likely N-dealkylation sites (N-methyl/N-ethyl adjacent to an activating group) is 1. The Labute approximate surface area is 133 Å². The van der Waals surface area contributed by atoms with Crippen LogP contribution in [0.15, 0.2) is 46.4 Å². The Balaban J connectivity index is 2.26. The first-order valence-electron chi connectivity index (χ1n) is 6.71. The lowest BCUT2D eigenvalue weighted by Gasteiger charge is -2.00. The molecule has 2 rings (SSSR count). The molecule has 0 bridgehead atoms. The van der Waals surface area contributed by atoms with Gasteiger partial charge < -0.3 is 14.5 Å². The Bertz CT molecular complexity index is 795. The molecule has 0 aliphatic heterocycles. The number of furan rings is 1. The number of carbonyl (C=O) groups is 2. The minimum atomic E-state index is -0.479. The van der Waals surface area contributed by atoms with Crippen molar-refractivity contribution in [2.75, 3.05) is 14.2 Å². The summed E-state index contributed by atoms with van der Waals surface area (Å²) in [5.74, 6) is 0.0517. The fraction of sp³-hybridized carbons (Fsp3) is 0.118. The maximum atomic E-state index is 11.5. The molecule has 1 aromatic carbocycles. The molecule has 0 aliphatic carbocycles. The summed E-state index contributed by atoms with van der Waals surface area (Å²) in [6.45, 7) is 0. The first-order chi connectivity index (χ1) is 11.1. The highest BCUT2D eigenvalue weighted by Crippen LogP contribution is 2.24. The summed E-state index contributed by atoms with van der Waals surface area (Å²) >= 11 is 0. The molecule has 1 N–H and O–H groups in total. The molecule has 0 fully saturated rings. The van der Waals surface area contributed by atoms with Crippen LogP contribution in [-0.2, 0) is 9.53 Å².